The molecule has 7 heteroatoms. The fraction of sp³-hybridized carbons (Fsp3) is 0.136. The molecule has 4 rings (SSSR count). The maximum atomic E-state index is 13.8. The summed E-state index contributed by atoms with van der Waals surface area (Å²) in [6.07, 6.45) is 0.552. The second-order valence-corrected chi connectivity index (χ2v) is 8.63. The first-order valence-corrected chi connectivity index (χ1v) is 10.6. The van der Waals surface area contributed by atoms with E-state index in [0.29, 0.717) is 24.2 Å². The minimum absolute atomic E-state index is 0.0316. The van der Waals surface area contributed by atoms with E-state index in [2.05, 4.69) is 4.72 Å². The first kappa shape index (κ1) is 19.1. The number of nitrogens with one attached hydrogen (secondary N) is 1. The Hall–Kier alpha value is -3.19. The molecule has 0 aromatic heterocycles. The summed E-state index contributed by atoms with van der Waals surface area (Å²) < 4.78 is 41.4. The SMILES string of the molecule is Cc1ccc(C(=O)N2CCc3cc(S(=O)(=O)Nc4ccccc4F)ccc32)cc1. The molecule has 0 radical (unpaired) electrons. The van der Waals surface area contributed by atoms with Crippen molar-refractivity contribution in [3.05, 3.63) is 89.2 Å². The Morgan fingerprint density at radius 1 is 1.03 bits per heavy atom. The number of hydrogen-bond acceptors (Lipinski definition) is 3. The lowest BCUT2D eigenvalue weighted by atomic mass is 10.1. The Kier molecular flexibility index (Phi) is 4.84. The predicted octanol–water partition coefficient (Wildman–Crippen LogP) is 4.14. The summed E-state index contributed by atoms with van der Waals surface area (Å²) in [6.45, 7) is 2.43. The molecule has 1 heterocycles. The van der Waals surface area contributed by atoms with Crippen molar-refractivity contribution in [2.45, 2.75) is 18.2 Å². The van der Waals surface area contributed by atoms with Crippen molar-refractivity contribution in [2.75, 3.05) is 16.2 Å². The molecule has 0 atom stereocenters. The van der Waals surface area contributed by atoms with Crippen molar-refractivity contribution < 1.29 is 17.6 Å². The van der Waals surface area contributed by atoms with Crippen LogP contribution in [0.3, 0.4) is 0 Å². The van der Waals surface area contributed by atoms with Gasteiger partial charge in [0.1, 0.15) is 5.82 Å². The van der Waals surface area contributed by atoms with E-state index >= 15 is 0 Å². The normalized spacial score (nSPS) is 13.2. The summed E-state index contributed by atoms with van der Waals surface area (Å²) in [4.78, 5) is 14.5. The van der Waals surface area contributed by atoms with Gasteiger partial charge in [0, 0.05) is 17.8 Å². The predicted molar refractivity (Wildman–Crippen MR) is 110 cm³/mol. The number of para-hydroxylation sites is 1. The number of fused-ring (bicyclic) bond motifs is 1. The number of carbonyl (C=O) groups excluding carboxylic acids is 1. The molecule has 0 spiro atoms. The Balaban J connectivity index is 1.60. The lowest BCUT2D eigenvalue weighted by Gasteiger charge is -2.18. The average molecular weight is 410 g/mol. The smallest absolute Gasteiger partial charge is 0.261 e. The number of amides is 1. The highest BCUT2D eigenvalue weighted by atomic mass is 32.2. The molecule has 0 saturated carbocycles. The fourth-order valence-corrected chi connectivity index (χ4v) is 4.47. The topological polar surface area (TPSA) is 66.5 Å². The van der Waals surface area contributed by atoms with Gasteiger partial charge in [-0.15, -0.1) is 0 Å². The molecule has 1 N–H and O–H groups in total. The summed E-state index contributed by atoms with van der Waals surface area (Å²) in [5.41, 5.74) is 3.01. The molecule has 148 valence electrons. The van der Waals surface area contributed by atoms with E-state index in [0.717, 1.165) is 11.1 Å². The van der Waals surface area contributed by atoms with Gasteiger partial charge in [0.25, 0.3) is 15.9 Å². The van der Waals surface area contributed by atoms with Crippen LogP contribution in [0, 0.1) is 12.7 Å². The standard InChI is InChI=1S/C22H19FN2O3S/c1-15-6-8-16(9-7-15)22(26)25-13-12-17-14-18(10-11-21(17)25)29(27,28)24-20-5-3-2-4-19(20)23/h2-11,14,24H,12-13H2,1H3. The molecule has 5 nitrogen and oxygen atoms in total. The number of sulfonamides is 1. The zero-order valence-corrected chi connectivity index (χ0v) is 16.5. The maximum Gasteiger partial charge on any atom is 0.261 e. The monoisotopic (exact) mass is 410 g/mol. The molecule has 0 bridgehead atoms. The molecule has 0 fully saturated rings. The Morgan fingerprint density at radius 3 is 2.48 bits per heavy atom. The van der Waals surface area contributed by atoms with Crippen LogP contribution in [-0.4, -0.2) is 20.9 Å². The molecule has 1 amide bonds. The van der Waals surface area contributed by atoms with Crippen LogP contribution in [0.1, 0.15) is 21.5 Å². The minimum atomic E-state index is -3.95. The highest BCUT2D eigenvalue weighted by molar-refractivity contribution is 7.92. The van der Waals surface area contributed by atoms with Gasteiger partial charge in [-0.3, -0.25) is 9.52 Å². The Labute approximate surface area is 168 Å². The molecule has 29 heavy (non-hydrogen) atoms. The first-order valence-electron chi connectivity index (χ1n) is 9.14. The quantitative estimate of drug-likeness (QED) is 0.703. The van der Waals surface area contributed by atoms with Gasteiger partial charge in [0.2, 0.25) is 0 Å². The van der Waals surface area contributed by atoms with Crippen molar-refractivity contribution in [2.24, 2.45) is 0 Å². The zero-order valence-electron chi connectivity index (χ0n) is 15.7. The third kappa shape index (κ3) is 3.73. The van der Waals surface area contributed by atoms with Gasteiger partial charge in [0.15, 0.2) is 0 Å². The molecule has 3 aromatic rings. The first-order chi connectivity index (χ1) is 13.8. The van der Waals surface area contributed by atoms with Crippen LogP contribution < -0.4 is 9.62 Å². The van der Waals surface area contributed by atoms with Gasteiger partial charge in [0.05, 0.1) is 10.6 Å². The number of anilines is 2. The Bertz CT molecular complexity index is 1190. The van der Waals surface area contributed by atoms with E-state index in [4.69, 9.17) is 0 Å². The van der Waals surface area contributed by atoms with Crippen molar-refractivity contribution >= 4 is 27.3 Å². The van der Waals surface area contributed by atoms with E-state index in [1.807, 2.05) is 19.1 Å². The molecule has 1 aliphatic rings. The third-order valence-electron chi connectivity index (χ3n) is 4.92. The molecule has 0 aliphatic carbocycles. The molecule has 3 aromatic carbocycles. The molecular weight excluding hydrogens is 391 g/mol. The van der Waals surface area contributed by atoms with Crippen molar-refractivity contribution in [1.82, 2.24) is 0 Å². The zero-order chi connectivity index (χ0) is 20.6. The number of aryl methyl sites for hydroxylation is 1. The summed E-state index contributed by atoms with van der Waals surface area (Å²) in [5, 5.41) is 0. The van der Waals surface area contributed by atoms with Crippen LogP contribution in [0.15, 0.2) is 71.6 Å². The molecular formula is C22H19FN2O3S. The largest absolute Gasteiger partial charge is 0.308 e. The van der Waals surface area contributed by atoms with Crippen LogP contribution in [0.2, 0.25) is 0 Å². The average Bonchev–Trinajstić information content (AvgIpc) is 3.13. The highest BCUT2D eigenvalue weighted by Gasteiger charge is 2.27. The summed E-state index contributed by atoms with van der Waals surface area (Å²) in [7, 11) is -3.95. The van der Waals surface area contributed by atoms with Crippen molar-refractivity contribution in [1.29, 1.82) is 0 Å². The van der Waals surface area contributed by atoms with Crippen LogP contribution in [0.5, 0.6) is 0 Å². The number of carbonyl (C=O) groups is 1. The van der Waals surface area contributed by atoms with Crippen molar-refractivity contribution in [3.63, 3.8) is 0 Å². The van der Waals surface area contributed by atoms with Crippen LogP contribution >= 0.6 is 0 Å². The van der Waals surface area contributed by atoms with Gasteiger partial charge in [-0.2, -0.15) is 0 Å². The van der Waals surface area contributed by atoms with E-state index in [1.165, 1.54) is 24.3 Å². The van der Waals surface area contributed by atoms with Crippen LogP contribution in [0.25, 0.3) is 0 Å². The number of benzene rings is 3. The Morgan fingerprint density at radius 2 is 1.76 bits per heavy atom. The lowest BCUT2D eigenvalue weighted by Crippen LogP contribution is -2.28. The van der Waals surface area contributed by atoms with E-state index in [9.17, 15) is 17.6 Å². The number of halogens is 1. The maximum absolute atomic E-state index is 13.8. The molecule has 0 saturated heterocycles. The van der Waals surface area contributed by atoms with Gasteiger partial charge < -0.3 is 4.90 Å². The molecule has 1 aliphatic heterocycles. The van der Waals surface area contributed by atoms with Crippen LogP contribution in [-0.2, 0) is 16.4 Å². The second kappa shape index (κ2) is 7.33. The van der Waals surface area contributed by atoms with Crippen molar-refractivity contribution in [3.8, 4) is 0 Å². The number of hydrogen-bond donors (Lipinski definition) is 1. The number of nitrogens with zero attached hydrogens (tertiary/aromatic N) is 1. The molecule has 0 unspecified atom stereocenters. The van der Waals surface area contributed by atoms with E-state index in [1.54, 1.807) is 35.2 Å². The highest BCUT2D eigenvalue weighted by Crippen LogP contribution is 2.32. The van der Waals surface area contributed by atoms with Gasteiger partial charge in [-0.25, -0.2) is 12.8 Å². The van der Waals surface area contributed by atoms with Gasteiger partial charge >= 0.3 is 0 Å². The van der Waals surface area contributed by atoms with E-state index in [-0.39, 0.29) is 16.5 Å². The summed E-state index contributed by atoms with van der Waals surface area (Å²) in [5.74, 6) is -0.768. The summed E-state index contributed by atoms with van der Waals surface area (Å²) in [6, 6.07) is 17.5. The third-order valence-corrected chi connectivity index (χ3v) is 6.28. The van der Waals surface area contributed by atoms with Gasteiger partial charge in [-0.1, -0.05) is 29.8 Å². The van der Waals surface area contributed by atoms with Crippen LogP contribution in [0.4, 0.5) is 15.8 Å². The fourth-order valence-electron chi connectivity index (χ4n) is 3.36. The van der Waals surface area contributed by atoms with E-state index < -0.39 is 15.8 Å². The second-order valence-electron chi connectivity index (χ2n) is 6.95. The minimum Gasteiger partial charge on any atom is -0.308 e. The number of rotatable bonds is 4. The van der Waals surface area contributed by atoms with Gasteiger partial charge in [-0.05, 0) is 61.4 Å². The lowest BCUT2D eigenvalue weighted by molar-refractivity contribution is 0.0989. The summed E-state index contributed by atoms with van der Waals surface area (Å²) >= 11 is 0.